The molecule has 1 aromatic heterocycles. The maximum absolute atomic E-state index is 13.1. The summed E-state index contributed by atoms with van der Waals surface area (Å²) in [7, 11) is 1.54. The van der Waals surface area contributed by atoms with Gasteiger partial charge in [0.15, 0.2) is 5.13 Å². The number of anilines is 1. The first-order valence-corrected chi connectivity index (χ1v) is 10.7. The Kier molecular flexibility index (Phi) is 5.56. The van der Waals surface area contributed by atoms with Gasteiger partial charge in [-0.15, -0.1) is 11.3 Å². The third-order valence-corrected chi connectivity index (χ3v) is 6.52. The molecule has 31 heavy (non-hydrogen) atoms. The molecule has 1 aliphatic heterocycles. The minimum atomic E-state index is -0.851. The summed E-state index contributed by atoms with van der Waals surface area (Å²) in [6.45, 7) is 3.75. The molecular weight excluding hydrogens is 436 g/mol. The smallest absolute Gasteiger partial charge is 0.301 e. The molecule has 1 saturated heterocycles. The Balaban J connectivity index is 1.96. The van der Waals surface area contributed by atoms with Gasteiger partial charge in [0.2, 0.25) is 0 Å². The number of aliphatic hydroxyl groups is 1. The van der Waals surface area contributed by atoms with Gasteiger partial charge in [0.05, 0.1) is 24.4 Å². The van der Waals surface area contributed by atoms with Crippen LogP contribution in [-0.4, -0.2) is 28.9 Å². The molecule has 0 spiro atoms. The van der Waals surface area contributed by atoms with Crippen LogP contribution in [0.1, 0.15) is 27.7 Å². The molecular formula is C23H19ClN2O4S. The third kappa shape index (κ3) is 3.71. The Labute approximate surface area is 188 Å². The van der Waals surface area contributed by atoms with E-state index in [-0.39, 0.29) is 11.3 Å². The van der Waals surface area contributed by atoms with E-state index in [0.29, 0.717) is 27.0 Å². The highest BCUT2D eigenvalue weighted by molar-refractivity contribution is 7.16. The quantitative estimate of drug-likeness (QED) is 0.339. The Hall–Kier alpha value is -3.16. The lowest BCUT2D eigenvalue weighted by Crippen LogP contribution is -2.29. The van der Waals surface area contributed by atoms with Crippen LogP contribution in [-0.2, 0) is 9.59 Å². The van der Waals surface area contributed by atoms with Crippen LogP contribution >= 0.6 is 22.9 Å². The zero-order valence-corrected chi connectivity index (χ0v) is 18.6. The van der Waals surface area contributed by atoms with Crippen LogP contribution in [0, 0.1) is 13.8 Å². The van der Waals surface area contributed by atoms with Crippen molar-refractivity contribution >= 4 is 45.5 Å². The van der Waals surface area contributed by atoms with Gasteiger partial charge in [-0.1, -0.05) is 23.7 Å². The van der Waals surface area contributed by atoms with Gasteiger partial charge in [-0.2, -0.15) is 0 Å². The van der Waals surface area contributed by atoms with Gasteiger partial charge in [-0.25, -0.2) is 4.98 Å². The second-order valence-electron chi connectivity index (χ2n) is 7.09. The predicted molar refractivity (Wildman–Crippen MR) is 121 cm³/mol. The Bertz CT molecular complexity index is 1200. The van der Waals surface area contributed by atoms with E-state index in [1.807, 2.05) is 13.8 Å². The van der Waals surface area contributed by atoms with Crippen LogP contribution in [0.4, 0.5) is 5.13 Å². The Morgan fingerprint density at radius 1 is 1.16 bits per heavy atom. The number of aliphatic hydroxyl groups excluding tert-OH is 1. The summed E-state index contributed by atoms with van der Waals surface area (Å²) in [5.41, 5.74) is 1.79. The van der Waals surface area contributed by atoms with E-state index in [1.165, 1.54) is 23.3 Å². The number of carbonyl (C=O) groups is 2. The van der Waals surface area contributed by atoms with E-state index in [2.05, 4.69) is 4.98 Å². The van der Waals surface area contributed by atoms with E-state index in [1.54, 1.807) is 48.5 Å². The fourth-order valence-electron chi connectivity index (χ4n) is 3.48. The van der Waals surface area contributed by atoms with Gasteiger partial charge < -0.3 is 9.84 Å². The largest absolute Gasteiger partial charge is 0.507 e. The zero-order chi connectivity index (χ0) is 22.3. The van der Waals surface area contributed by atoms with Crippen molar-refractivity contribution in [2.24, 2.45) is 0 Å². The number of amides is 1. The molecule has 2 aromatic carbocycles. The normalized spacial score (nSPS) is 17.9. The number of aromatic nitrogens is 1. The molecule has 0 radical (unpaired) electrons. The number of hydrogen-bond acceptors (Lipinski definition) is 6. The first-order chi connectivity index (χ1) is 14.8. The second kappa shape index (κ2) is 8.17. The minimum absolute atomic E-state index is 0.00826. The standard InChI is InChI=1S/C23H19ClN2O4S/c1-12-13(2)31-23(25-12)26-19(15-5-4-6-17(11-15)30-3)18(21(28)22(26)29)20(27)14-7-9-16(24)10-8-14/h4-11,19,27H,1-3H3/t19-/m1/s1. The van der Waals surface area contributed by atoms with Gasteiger partial charge in [-0.3, -0.25) is 14.5 Å². The van der Waals surface area contributed by atoms with Gasteiger partial charge >= 0.3 is 5.91 Å². The Morgan fingerprint density at radius 3 is 2.48 bits per heavy atom. The predicted octanol–water partition coefficient (Wildman–Crippen LogP) is 5.05. The van der Waals surface area contributed by atoms with Crippen molar-refractivity contribution in [2.45, 2.75) is 19.9 Å². The van der Waals surface area contributed by atoms with Gasteiger partial charge in [0, 0.05) is 15.5 Å². The van der Waals surface area contributed by atoms with Crippen molar-refractivity contribution in [3.63, 3.8) is 0 Å². The summed E-state index contributed by atoms with van der Waals surface area (Å²) in [5, 5.41) is 12.0. The van der Waals surface area contributed by atoms with E-state index < -0.39 is 17.7 Å². The fraction of sp³-hybridized carbons (Fsp3) is 0.174. The first-order valence-electron chi connectivity index (χ1n) is 9.46. The molecule has 4 rings (SSSR count). The summed E-state index contributed by atoms with van der Waals surface area (Å²) in [6, 6.07) is 12.6. The van der Waals surface area contributed by atoms with E-state index in [0.717, 1.165) is 10.6 Å². The summed E-state index contributed by atoms with van der Waals surface area (Å²) < 4.78 is 5.33. The van der Waals surface area contributed by atoms with Gasteiger partial charge in [0.25, 0.3) is 5.78 Å². The van der Waals surface area contributed by atoms with E-state index in [4.69, 9.17) is 16.3 Å². The summed E-state index contributed by atoms with van der Waals surface area (Å²) in [5.74, 6) is -1.21. The molecule has 2 heterocycles. The molecule has 158 valence electrons. The monoisotopic (exact) mass is 454 g/mol. The number of thiazole rings is 1. The molecule has 0 aliphatic carbocycles. The van der Waals surface area contributed by atoms with Crippen molar-refractivity contribution in [1.82, 2.24) is 4.98 Å². The number of benzene rings is 2. The van der Waals surface area contributed by atoms with Crippen LogP contribution in [0.5, 0.6) is 5.75 Å². The number of Topliss-reactive ketones (excluding diaryl/α,β-unsaturated/α-hetero) is 1. The minimum Gasteiger partial charge on any atom is -0.507 e. The topological polar surface area (TPSA) is 79.7 Å². The molecule has 0 unspecified atom stereocenters. The Morgan fingerprint density at radius 2 is 1.87 bits per heavy atom. The number of hydrogen-bond donors (Lipinski definition) is 1. The van der Waals surface area contributed by atoms with Crippen LogP contribution in [0.15, 0.2) is 54.1 Å². The molecule has 1 atom stereocenters. The third-order valence-electron chi connectivity index (χ3n) is 5.19. The molecule has 0 bridgehead atoms. The second-order valence-corrected chi connectivity index (χ2v) is 8.71. The highest BCUT2D eigenvalue weighted by Gasteiger charge is 2.48. The maximum atomic E-state index is 13.1. The van der Waals surface area contributed by atoms with Crippen molar-refractivity contribution < 1.29 is 19.4 Å². The molecule has 3 aromatic rings. The average molecular weight is 455 g/mol. The number of rotatable bonds is 4. The SMILES string of the molecule is COc1cccc([C@@H]2C(=C(O)c3ccc(Cl)cc3)C(=O)C(=O)N2c2nc(C)c(C)s2)c1. The lowest BCUT2D eigenvalue weighted by atomic mass is 9.95. The highest BCUT2D eigenvalue weighted by atomic mass is 35.5. The lowest BCUT2D eigenvalue weighted by molar-refractivity contribution is -0.132. The van der Waals surface area contributed by atoms with Crippen LogP contribution in [0.3, 0.4) is 0 Å². The molecule has 8 heteroatoms. The number of aryl methyl sites for hydroxylation is 2. The highest BCUT2D eigenvalue weighted by Crippen LogP contribution is 2.44. The number of carbonyl (C=O) groups excluding carboxylic acids is 2. The van der Waals surface area contributed by atoms with Crippen LogP contribution in [0.2, 0.25) is 5.02 Å². The van der Waals surface area contributed by atoms with Crippen molar-refractivity contribution in [3.05, 3.63) is 80.8 Å². The van der Waals surface area contributed by atoms with Gasteiger partial charge in [0.1, 0.15) is 11.5 Å². The van der Waals surface area contributed by atoms with Crippen molar-refractivity contribution in [2.75, 3.05) is 12.0 Å². The molecule has 1 amide bonds. The first kappa shape index (κ1) is 21.1. The van der Waals surface area contributed by atoms with Gasteiger partial charge in [-0.05, 0) is 55.8 Å². The van der Waals surface area contributed by atoms with Crippen LogP contribution < -0.4 is 9.64 Å². The molecule has 6 nitrogen and oxygen atoms in total. The number of methoxy groups -OCH3 is 1. The van der Waals surface area contributed by atoms with E-state index >= 15 is 0 Å². The maximum Gasteiger partial charge on any atom is 0.301 e. The number of halogens is 1. The summed E-state index contributed by atoms with van der Waals surface area (Å²) in [6.07, 6.45) is 0. The summed E-state index contributed by atoms with van der Waals surface area (Å²) in [4.78, 5) is 33.0. The molecule has 1 fully saturated rings. The number of ketones is 1. The van der Waals surface area contributed by atoms with E-state index in [9.17, 15) is 14.7 Å². The van der Waals surface area contributed by atoms with Crippen molar-refractivity contribution in [1.29, 1.82) is 0 Å². The zero-order valence-electron chi connectivity index (χ0n) is 17.0. The molecule has 1 aliphatic rings. The number of ether oxygens (including phenoxy) is 1. The summed E-state index contributed by atoms with van der Waals surface area (Å²) >= 11 is 7.28. The van der Waals surface area contributed by atoms with Crippen molar-refractivity contribution in [3.8, 4) is 5.75 Å². The fourth-order valence-corrected chi connectivity index (χ4v) is 4.54. The van der Waals surface area contributed by atoms with Crippen LogP contribution in [0.25, 0.3) is 5.76 Å². The lowest BCUT2D eigenvalue weighted by Gasteiger charge is -2.23. The molecule has 0 saturated carbocycles. The number of nitrogens with zero attached hydrogens (tertiary/aromatic N) is 2. The average Bonchev–Trinajstić information content (AvgIpc) is 3.23. The molecule has 1 N–H and O–H groups in total.